The van der Waals surface area contributed by atoms with Gasteiger partial charge in [-0.25, -0.2) is 0 Å². The average Bonchev–Trinajstić information content (AvgIpc) is 2.43. The van der Waals surface area contributed by atoms with E-state index in [-0.39, 0.29) is 0 Å². The van der Waals surface area contributed by atoms with Crippen LogP contribution in [-0.2, 0) is 4.74 Å². The summed E-state index contributed by atoms with van der Waals surface area (Å²) in [5.41, 5.74) is 0. The molecule has 7 nitrogen and oxygen atoms in total. The number of anilines is 2. The summed E-state index contributed by atoms with van der Waals surface area (Å²) in [6.45, 7) is 6.61. The number of nitrogens with one attached hydrogen (secondary N) is 1. The third-order valence-electron chi connectivity index (χ3n) is 2.44. The van der Waals surface area contributed by atoms with Crippen molar-refractivity contribution < 1.29 is 9.47 Å². The van der Waals surface area contributed by atoms with E-state index in [1.165, 1.54) is 0 Å². The third kappa shape index (κ3) is 6.01. The zero-order valence-electron chi connectivity index (χ0n) is 12.8. The lowest BCUT2D eigenvalue weighted by Gasteiger charge is -2.13. The van der Waals surface area contributed by atoms with Crippen molar-refractivity contribution in [2.45, 2.75) is 26.7 Å². The first-order valence-corrected chi connectivity index (χ1v) is 7.05. The van der Waals surface area contributed by atoms with Crippen molar-refractivity contribution in [3.63, 3.8) is 0 Å². The SMILES string of the molecule is CCCCOCCOc1nc(NCC)nc(N(C)C)n1. The summed E-state index contributed by atoms with van der Waals surface area (Å²) in [6, 6.07) is 0.318. The molecule has 1 rings (SSSR count). The topological polar surface area (TPSA) is 72.4 Å². The zero-order valence-corrected chi connectivity index (χ0v) is 12.8. The van der Waals surface area contributed by atoms with Gasteiger partial charge in [-0.15, -0.1) is 0 Å². The molecule has 0 aliphatic heterocycles. The largest absolute Gasteiger partial charge is 0.461 e. The predicted molar refractivity (Wildman–Crippen MR) is 79.5 cm³/mol. The number of ether oxygens (including phenoxy) is 2. The van der Waals surface area contributed by atoms with Gasteiger partial charge < -0.3 is 19.7 Å². The van der Waals surface area contributed by atoms with Crippen LogP contribution in [-0.4, -0.2) is 55.4 Å². The normalized spacial score (nSPS) is 10.4. The fraction of sp³-hybridized carbons (Fsp3) is 0.769. The Morgan fingerprint density at radius 1 is 1.05 bits per heavy atom. The highest BCUT2D eigenvalue weighted by Gasteiger charge is 2.08. The zero-order chi connectivity index (χ0) is 14.8. The van der Waals surface area contributed by atoms with Gasteiger partial charge in [0, 0.05) is 27.2 Å². The molecule has 0 bridgehead atoms. The fourth-order valence-corrected chi connectivity index (χ4v) is 1.39. The summed E-state index contributed by atoms with van der Waals surface area (Å²) < 4.78 is 10.9. The molecule has 0 aromatic carbocycles. The van der Waals surface area contributed by atoms with Gasteiger partial charge in [-0.05, 0) is 13.3 Å². The maximum atomic E-state index is 5.51. The molecule has 0 saturated carbocycles. The van der Waals surface area contributed by atoms with E-state index in [9.17, 15) is 0 Å². The molecule has 7 heteroatoms. The highest BCUT2D eigenvalue weighted by molar-refractivity contribution is 5.36. The van der Waals surface area contributed by atoms with E-state index in [2.05, 4.69) is 27.2 Å². The molecule has 1 aromatic rings. The van der Waals surface area contributed by atoms with E-state index in [4.69, 9.17) is 9.47 Å². The Hall–Kier alpha value is -1.63. The Morgan fingerprint density at radius 3 is 2.50 bits per heavy atom. The van der Waals surface area contributed by atoms with Crippen molar-refractivity contribution in [1.29, 1.82) is 0 Å². The van der Waals surface area contributed by atoms with Crippen molar-refractivity contribution in [1.82, 2.24) is 15.0 Å². The Balaban J connectivity index is 2.50. The van der Waals surface area contributed by atoms with E-state index in [1.807, 2.05) is 25.9 Å². The number of nitrogens with zero attached hydrogens (tertiary/aromatic N) is 4. The summed E-state index contributed by atoms with van der Waals surface area (Å²) in [5.74, 6) is 1.09. The van der Waals surface area contributed by atoms with Crippen LogP contribution in [0.5, 0.6) is 6.01 Å². The molecule has 1 aromatic heterocycles. The summed E-state index contributed by atoms with van der Waals surface area (Å²) >= 11 is 0. The van der Waals surface area contributed by atoms with Crippen molar-refractivity contribution >= 4 is 11.9 Å². The van der Waals surface area contributed by atoms with E-state index < -0.39 is 0 Å². The van der Waals surface area contributed by atoms with E-state index in [0.717, 1.165) is 26.0 Å². The summed E-state index contributed by atoms with van der Waals surface area (Å²) in [7, 11) is 3.76. The molecule has 114 valence electrons. The van der Waals surface area contributed by atoms with Crippen molar-refractivity contribution in [3.8, 4) is 6.01 Å². The molecule has 0 radical (unpaired) electrons. The molecule has 0 aliphatic carbocycles. The summed E-state index contributed by atoms with van der Waals surface area (Å²) in [6.07, 6.45) is 2.20. The molecule has 0 saturated heterocycles. The van der Waals surface area contributed by atoms with Crippen LogP contribution in [0.15, 0.2) is 0 Å². The molecule has 0 unspecified atom stereocenters. The number of hydrogen-bond acceptors (Lipinski definition) is 7. The lowest BCUT2D eigenvalue weighted by molar-refractivity contribution is 0.0948. The molecule has 20 heavy (non-hydrogen) atoms. The summed E-state index contributed by atoms with van der Waals surface area (Å²) in [4.78, 5) is 14.5. The first-order chi connectivity index (χ1) is 9.67. The Kier molecular flexibility index (Phi) is 7.64. The van der Waals surface area contributed by atoms with Gasteiger partial charge in [0.05, 0.1) is 6.61 Å². The van der Waals surface area contributed by atoms with Crippen LogP contribution in [0.1, 0.15) is 26.7 Å². The molecular formula is C13H25N5O2. The number of aromatic nitrogens is 3. The fourth-order valence-electron chi connectivity index (χ4n) is 1.39. The van der Waals surface area contributed by atoms with Crippen LogP contribution in [0.25, 0.3) is 0 Å². The highest BCUT2D eigenvalue weighted by atomic mass is 16.5. The minimum Gasteiger partial charge on any atom is -0.461 e. The molecule has 0 amide bonds. The first-order valence-electron chi connectivity index (χ1n) is 7.05. The van der Waals surface area contributed by atoms with Crippen molar-refractivity contribution in [3.05, 3.63) is 0 Å². The second-order valence-electron chi connectivity index (χ2n) is 4.48. The Morgan fingerprint density at radius 2 is 1.85 bits per heavy atom. The lowest BCUT2D eigenvalue weighted by Crippen LogP contribution is -2.17. The van der Waals surface area contributed by atoms with Crippen LogP contribution < -0.4 is 15.0 Å². The van der Waals surface area contributed by atoms with Crippen LogP contribution >= 0.6 is 0 Å². The minimum atomic E-state index is 0.318. The maximum absolute atomic E-state index is 5.51. The monoisotopic (exact) mass is 283 g/mol. The van der Waals surface area contributed by atoms with Gasteiger partial charge >= 0.3 is 6.01 Å². The molecular weight excluding hydrogens is 258 g/mol. The predicted octanol–water partition coefficient (Wildman–Crippen LogP) is 1.56. The van der Waals surface area contributed by atoms with E-state index in [0.29, 0.717) is 31.1 Å². The van der Waals surface area contributed by atoms with Gasteiger partial charge in [0.2, 0.25) is 11.9 Å². The number of rotatable bonds is 10. The average molecular weight is 283 g/mol. The van der Waals surface area contributed by atoms with Crippen LogP contribution in [0.3, 0.4) is 0 Å². The van der Waals surface area contributed by atoms with Gasteiger partial charge in [-0.2, -0.15) is 15.0 Å². The lowest BCUT2D eigenvalue weighted by atomic mass is 10.4. The number of unbranched alkanes of at least 4 members (excludes halogenated alkanes) is 1. The highest BCUT2D eigenvalue weighted by Crippen LogP contribution is 2.12. The molecule has 1 heterocycles. The third-order valence-corrected chi connectivity index (χ3v) is 2.44. The standard InChI is InChI=1S/C13H25N5O2/c1-5-7-8-19-9-10-20-13-16-11(14-6-2)15-12(17-13)18(3)4/h5-10H2,1-4H3,(H,14,15,16,17). The van der Waals surface area contributed by atoms with E-state index in [1.54, 1.807) is 0 Å². The van der Waals surface area contributed by atoms with Crippen molar-refractivity contribution in [2.75, 3.05) is 50.7 Å². The molecule has 1 N–H and O–H groups in total. The smallest absolute Gasteiger partial charge is 0.323 e. The van der Waals surface area contributed by atoms with Gasteiger partial charge in [0.25, 0.3) is 0 Å². The minimum absolute atomic E-state index is 0.318. The van der Waals surface area contributed by atoms with Crippen molar-refractivity contribution in [2.24, 2.45) is 0 Å². The molecule has 0 spiro atoms. The second-order valence-corrected chi connectivity index (χ2v) is 4.48. The first kappa shape index (κ1) is 16.4. The van der Waals surface area contributed by atoms with Gasteiger partial charge in [0.15, 0.2) is 0 Å². The molecule has 0 aliphatic rings. The van der Waals surface area contributed by atoms with Gasteiger partial charge in [-0.1, -0.05) is 13.3 Å². The Bertz CT molecular complexity index is 387. The molecule has 0 atom stereocenters. The second kappa shape index (κ2) is 9.30. The number of hydrogen-bond donors (Lipinski definition) is 1. The van der Waals surface area contributed by atoms with Crippen LogP contribution in [0.4, 0.5) is 11.9 Å². The van der Waals surface area contributed by atoms with Crippen LogP contribution in [0, 0.1) is 0 Å². The van der Waals surface area contributed by atoms with Gasteiger partial charge in [0.1, 0.15) is 6.61 Å². The van der Waals surface area contributed by atoms with Gasteiger partial charge in [-0.3, -0.25) is 0 Å². The molecule has 0 fully saturated rings. The van der Waals surface area contributed by atoms with E-state index >= 15 is 0 Å². The Labute approximate surface area is 120 Å². The van der Waals surface area contributed by atoms with Crippen LogP contribution in [0.2, 0.25) is 0 Å². The quantitative estimate of drug-likeness (QED) is 0.653. The maximum Gasteiger partial charge on any atom is 0.323 e. The summed E-state index contributed by atoms with van der Waals surface area (Å²) in [5, 5.41) is 3.06.